The highest BCUT2D eigenvalue weighted by Crippen LogP contribution is 2.31. The van der Waals surface area contributed by atoms with Crippen LogP contribution in [-0.4, -0.2) is 32.8 Å². The van der Waals surface area contributed by atoms with E-state index in [9.17, 15) is 14.7 Å². The summed E-state index contributed by atoms with van der Waals surface area (Å²) < 4.78 is 6.81. The van der Waals surface area contributed by atoms with Crippen molar-refractivity contribution in [3.05, 3.63) is 33.4 Å². The van der Waals surface area contributed by atoms with Crippen molar-refractivity contribution < 1.29 is 14.6 Å². The van der Waals surface area contributed by atoms with Crippen molar-refractivity contribution in [2.45, 2.75) is 52.7 Å². The largest absolute Gasteiger partial charge is 0.462 e. The van der Waals surface area contributed by atoms with Crippen LogP contribution in [0.25, 0.3) is 10.9 Å². The van der Waals surface area contributed by atoms with E-state index in [1.54, 1.807) is 38.5 Å². The molecule has 1 aliphatic carbocycles. The normalized spacial score (nSPS) is 14.2. The molecule has 0 unspecified atom stereocenters. The third kappa shape index (κ3) is 3.68. The van der Waals surface area contributed by atoms with Gasteiger partial charge in [0.15, 0.2) is 0 Å². The van der Waals surface area contributed by atoms with Crippen LogP contribution in [0, 0.1) is 24.7 Å². The van der Waals surface area contributed by atoms with Gasteiger partial charge in [-0.3, -0.25) is 4.79 Å². The fraction of sp³-hybridized carbons (Fsp3) is 0.500. The van der Waals surface area contributed by atoms with Gasteiger partial charge in [0.25, 0.3) is 5.56 Å². The van der Waals surface area contributed by atoms with Gasteiger partial charge < -0.3 is 19.4 Å². The zero-order chi connectivity index (χ0) is 19.1. The molecule has 0 atom stereocenters. The second-order valence-electron chi connectivity index (χ2n) is 7.35. The van der Waals surface area contributed by atoms with Crippen LogP contribution in [0.1, 0.15) is 55.2 Å². The van der Waals surface area contributed by atoms with Crippen LogP contribution in [0.5, 0.6) is 0 Å². The Balaban J connectivity index is 2.28. The van der Waals surface area contributed by atoms with E-state index < -0.39 is 11.6 Å². The van der Waals surface area contributed by atoms with Gasteiger partial charge >= 0.3 is 5.97 Å². The first-order valence-corrected chi connectivity index (χ1v) is 8.89. The number of hydrogen-bond acceptors (Lipinski definition) is 4. The molecule has 0 saturated heterocycles. The van der Waals surface area contributed by atoms with Crippen LogP contribution in [0.4, 0.5) is 0 Å². The number of ether oxygens (including phenoxy) is 1. The predicted molar refractivity (Wildman–Crippen MR) is 99.2 cm³/mol. The smallest absolute Gasteiger partial charge is 0.340 e. The molecule has 2 heterocycles. The van der Waals surface area contributed by atoms with Crippen molar-refractivity contribution in [1.82, 2.24) is 9.55 Å². The summed E-state index contributed by atoms with van der Waals surface area (Å²) in [5.41, 5.74) is 0.450. The van der Waals surface area contributed by atoms with Crippen molar-refractivity contribution in [3.8, 4) is 11.8 Å². The zero-order valence-electron chi connectivity index (χ0n) is 15.6. The number of aromatic amines is 1. The van der Waals surface area contributed by atoms with Crippen molar-refractivity contribution >= 4 is 16.9 Å². The maximum atomic E-state index is 12.9. The van der Waals surface area contributed by atoms with Gasteiger partial charge in [0.2, 0.25) is 0 Å². The third-order valence-electron chi connectivity index (χ3n) is 4.35. The Morgan fingerprint density at radius 2 is 2.15 bits per heavy atom. The first kappa shape index (κ1) is 18.3. The molecule has 1 fully saturated rings. The Hall–Kier alpha value is -2.52. The highest BCUT2D eigenvalue weighted by molar-refractivity contribution is 6.07. The Morgan fingerprint density at radius 3 is 2.73 bits per heavy atom. The number of nitrogens with zero attached hydrogens (tertiary/aromatic N) is 1. The van der Waals surface area contributed by atoms with Crippen LogP contribution in [-0.2, 0) is 11.3 Å². The summed E-state index contributed by atoms with van der Waals surface area (Å²) in [7, 11) is 0. The molecule has 6 nitrogen and oxygen atoms in total. The Kier molecular flexibility index (Phi) is 4.68. The van der Waals surface area contributed by atoms with E-state index in [2.05, 4.69) is 16.8 Å². The maximum Gasteiger partial charge on any atom is 0.340 e. The predicted octanol–water partition coefficient (Wildman–Crippen LogP) is 2.35. The summed E-state index contributed by atoms with van der Waals surface area (Å²) in [6.45, 7) is 7.54. The van der Waals surface area contributed by atoms with Crippen LogP contribution in [0.2, 0.25) is 0 Å². The Bertz CT molecular complexity index is 976. The number of aryl methyl sites for hydroxylation is 1. The number of carbonyl (C=O) groups is 1. The molecule has 0 radical (unpaired) electrons. The van der Waals surface area contributed by atoms with Gasteiger partial charge in [0.05, 0.1) is 17.7 Å². The molecule has 26 heavy (non-hydrogen) atoms. The van der Waals surface area contributed by atoms with E-state index in [4.69, 9.17) is 4.74 Å². The lowest BCUT2D eigenvalue weighted by Crippen LogP contribution is -2.22. The van der Waals surface area contributed by atoms with Crippen molar-refractivity contribution in [1.29, 1.82) is 0 Å². The first-order chi connectivity index (χ1) is 12.2. The number of pyridine rings is 1. The number of rotatable bonds is 4. The SMILES string of the molecule is CCOC(=O)c1c(C)[nH]c2c(=O)n(CC3CC3)cc(C#CC(C)(C)O)c12. The highest BCUT2D eigenvalue weighted by atomic mass is 16.5. The molecule has 6 heteroatoms. The molecule has 0 aliphatic heterocycles. The van der Waals surface area contributed by atoms with E-state index in [-0.39, 0.29) is 12.2 Å². The fourth-order valence-corrected chi connectivity index (χ4v) is 2.97. The van der Waals surface area contributed by atoms with Crippen LogP contribution in [0.15, 0.2) is 11.0 Å². The molecule has 0 spiro atoms. The molecular formula is C20H24N2O4. The Labute approximate surface area is 152 Å². The molecule has 0 aromatic carbocycles. The lowest BCUT2D eigenvalue weighted by molar-refractivity contribution is 0.0528. The van der Waals surface area contributed by atoms with Gasteiger partial charge in [0.1, 0.15) is 11.1 Å². The average Bonchev–Trinajstić information content (AvgIpc) is 3.28. The highest BCUT2D eigenvalue weighted by Gasteiger charge is 2.26. The van der Waals surface area contributed by atoms with Gasteiger partial charge in [-0.15, -0.1) is 0 Å². The van der Waals surface area contributed by atoms with Crippen LogP contribution >= 0.6 is 0 Å². The zero-order valence-corrected chi connectivity index (χ0v) is 15.6. The summed E-state index contributed by atoms with van der Waals surface area (Å²) in [5, 5.41) is 10.4. The molecule has 1 aliphatic rings. The summed E-state index contributed by atoms with van der Waals surface area (Å²) in [6.07, 6.45) is 3.93. The molecule has 2 aromatic rings. The number of aromatic nitrogens is 2. The van der Waals surface area contributed by atoms with Gasteiger partial charge in [-0.2, -0.15) is 0 Å². The minimum atomic E-state index is -1.18. The van der Waals surface area contributed by atoms with Crippen LogP contribution in [0.3, 0.4) is 0 Å². The summed E-state index contributed by atoms with van der Waals surface area (Å²) in [6, 6.07) is 0. The molecule has 1 saturated carbocycles. The lowest BCUT2D eigenvalue weighted by Gasteiger charge is -2.09. The van der Waals surface area contributed by atoms with Crippen molar-refractivity contribution in [2.75, 3.05) is 6.61 Å². The summed E-state index contributed by atoms with van der Waals surface area (Å²) in [4.78, 5) is 28.3. The van der Waals surface area contributed by atoms with E-state index in [1.807, 2.05) is 0 Å². The van der Waals surface area contributed by atoms with Crippen molar-refractivity contribution in [2.24, 2.45) is 5.92 Å². The molecular weight excluding hydrogens is 332 g/mol. The molecule has 138 valence electrons. The second-order valence-corrected chi connectivity index (χ2v) is 7.35. The Morgan fingerprint density at radius 1 is 1.46 bits per heavy atom. The molecule has 2 aromatic heterocycles. The molecule has 0 bridgehead atoms. The number of hydrogen-bond donors (Lipinski definition) is 2. The van der Waals surface area contributed by atoms with Gasteiger partial charge in [-0.1, -0.05) is 11.8 Å². The standard InChI is InChI=1S/C20H24N2O4/c1-5-26-19(24)15-12(2)21-17-16(15)14(8-9-20(3,4)25)11-22(18(17)23)10-13-6-7-13/h11,13,21,25H,5-7,10H2,1-4H3. The van der Waals surface area contributed by atoms with Gasteiger partial charge in [0, 0.05) is 23.8 Å². The number of H-pyrrole nitrogens is 1. The number of aliphatic hydroxyl groups is 1. The van der Waals surface area contributed by atoms with Crippen LogP contribution < -0.4 is 5.56 Å². The van der Waals surface area contributed by atoms with Gasteiger partial charge in [-0.05, 0) is 46.5 Å². The van der Waals surface area contributed by atoms with Crippen molar-refractivity contribution in [3.63, 3.8) is 0 Å². The minimum absolute atomic E-state index is 0.167. The number of esters is 1. The van der Waals surface area contributed by atoms with Gasteiger partial charge in [-0.25, -0.2) is 4.79 Å². The number of fused-ring (bicyclic) bond motifs is 1. The molecule has 2 N–H and O–H groups in total. The fourth-order valence-electron chi connectivity index (χ4n) is 2.97. The lowest BCUT2D eigenvalue weighted by atomic mass is 10.1. The van der Waals surface area contributed by atoms with E-state index >= 15 is 0 Å². The average molecular weight is 356 g/mol. The minimum Gasteiger partial charge on any atom is -0.462 e. The third-order valence-corrected chi connectivity index (χ3v) is 4.35. The summed E-state index contributed by atoms with van der Waals surface area (Å²) in [5.74, 6) is 5.76. The quantitative estimate of drug-likeness (QED) is 0.651. The number of nitrogens with one attached hydrogen (secondary N) is 1. The second kappa shape index (κ2) is 6.65. The summed E-state index contributed by atoms with van der Waals surface area (Å²) >= 11 is 0. The molecule has 3 rings (SSSR count). The van der Waals surface area contributed by atoms with E-state index in [1.165, 1.54) is 0 Å². The monoisotopic (exact) mass is 356 g/mol. The first-order valence-electron chi connectivity index (χ1n) is 8.89. The van der Waals surface area contributed by atoms with E-state index in [0.29, 0.717) is 40.2 Å². The molecule has 0 amide bonds. The topological polar surface area (TPSA) is 84.3 Å². The maximum absolute atomic E-state index is 12.9. The van der Waals surface area contributed by atoms with E-state index in [0.717, 1.165) is 12.8 Å². The number of carbonyl (C=O) groups excluding carboxylic acids is 1.